The monoisotopic (exact) mass is 197 g/mol. The van der Waals surface area contributed by atoms with Gasteiger partial charge in [0.25, 0.3) is 0 Å². The smallest absolute Gasteiger partial charge is 0.0960 e. The highest BCUT2D eigenvalue weighted by atomic mass is 32.1. The van der Waals surface area contributed by atoms with E-state index < -0.39 is 0 Å². The molecule has 2 N–H and O–H groups in total. The Labute approximate surface area is 82.7 Å². The molecule has 0 saturated heterocycles. The molecule has 1 aromatic heterocycles. The molecule has 1 aliphatic heterocycles. The normalized spacial score (nSPS) is 21.5. The van der Waals surface area contributed by atoms with Crippen LogP contribution in [0.15, 0.2) is 5.38 Å². The first-order chi connectivity index (χ1) is 6.36. The van der Waals surface area contributed by atoms with Crippen LogP contribution in [0.25, 0.3) is 0 Å². The summed E-state index contributed by atoms with van der Waals surface area (Å²) in [7, 11) is 0. The second kappa shape index (κ2) is 3.78. The summed E-state index contributed by atoms with van der Waals surface area (Å²) in [5, 5.41) is 2.25. The Bertz CT molecular complexity index is 282. The van der Waals surface area contributed by atoms with E-state index in [2.05, 4.69) is 12.3 Å². The Kier molecular flexibility index (Phi) is 2.67. The summed E-state index contributed by atoms with van der Waals surface area (Å²) >= 11 is 1.86. The summed E-state index contributed by atoms with van der Waals surface area (Å²) in [6.45, 7) is 3.62. The van der Waals surface area contributed by atoms with Crippen molar-refractivity contribution in [3.05, 3.63) is 21.4 Å². The third kappa shape index (κ3) is 1.52. The number of thiophene rings is 1. The lowest BCUT2D eigenvalue weighted by atomic mass is 10.00. The lowest BCUT2D eigenvalue weighted by molar-refractivity contribution is 0.0492. The predicted octanol–water partition coefficient (Wildman–Crippen LogP) is 1.88. The highest BCUT2D eigenvalue weighted by Crippen LogP contribution is 2.34. The molecule has 0 aliphatic carbocycles. The zero-order chi connectivity index (χ0) is 9.26. The number of fused-ring (bicyclic) bond motifs is 1. The maximum atomic E-state index is 5.68. The van der Waals surface area contributed by atoms with Gasteiger partial charge in [-0.3, -0.25) is 0 Å². The first kappa shape index (κ1) is 9.19. The minimum atomic E-state index is 0.157. The molecule has 0 spiro atoms. The summed E-state index contributed by atoms with van der Waals surface area (Å²) in [4.78, 5) is 1.48. The SMILES string of the molecule is CCc1csc2c1[C@H](CN)OCC2. The number of rotatable bonds is 2. The molecule has 0 unspecified atom stereocenters. The van der Waals surface area contributed by atoms with E-state index in [-0.39, 0.29) is 6.10 Å². The fourth-order valence-corrected chi connectivity index (χ4v) is 3.03. The Hall–Kier alpha value is -0.380. The summed E-state index contributed by atoms with van der Waals surface area (Å²) in [6.07, 6.45) is 2.31. The van der Waals surface area contributed by atoms with Crippen LogP contribution >= 0.6 is 11.3 Å². The summed E-state index contributed by atoms with van der Waals surface area (Å²) in [5.41, 5.74) is 8.50. The van der Waals surface area contributed by atoms with E-state index >= 15 is 0 Å². The molecule has 2 nitrogen and oxygen atoms in total. The maximum Gasteiger partial charge on any atom is 0.0960 e. The summed E-state index contributed by atoms with van der Waals surface area (Å²) in [6, 6.07) is 0. The van der Waals surface area contributed by atoms with Crippen LogP contribution in [-0.4, -0.2) is 13.2 Å². The van der Waals surface area contributed by atoms with Crippen LogP contribution in [0.2, 0.25) is 0 Å². The molecule has 1 aromatic rings. The summed E-state index contributed by atoms with van der Waals surface area (Å²) < 4.78 is 5.64. The molecule has 0 saturated carbocycles. The Morgan fingerprint density at radius 1 is 1.69 bits per heavy atom. The zero-order valence-electron chi connectivity index (χ0n) is 7.88. The maximum absolute atomic E-state index is 5.68. The molecule has 0 fully saturated rings. The van der Waals surface area contributed by atoms with E-state index in [0.717, 1.165) is 19.4 Å². The van der Waals surface area contributed by atoms with Gasteiger partial charge >= 0.3 is 0 Å². The van der Waals surface area contributed by atoms with E-state index in [1.807, 2.05) is 11.3 Å². The first-order valence-corrected chi connectivity index (χ1v) is 5.65. The number of aryl methyl sites for hydroxylation is 1. The van der Waals surface area contributed by atoms with Crippen molar-refractivity contribution in [3.63, 3.8) is 0 Å². The van der Waals surface area contributed by atoms with Gasteiger partial charge in [0, 0.05) is 17.8 Å². The van der Waals surface area contributed by atoms with Crippen molar-refractivity contribution >= 4 is 11.3 Å². The predicted molar refractivity (Wildman–Crippen MR) is 55.1 cm³/mol. The lowest BCUT2D eigenvalue weighted by Gasteiger charge is -2.23. The topological polar surface area (TPSA) is 35.2 Å². The minimum absolute atomic E-state index is 0.157. The van der Waals surface area contributed by atoms with Crippen LogP contribution in [0.3, 0.4) is 0 Å². The Morgan fingerprint density at radius 3 is 3.23 bits per heavy atom. The van der Waals surface area contributed by atoms with Gasteiger partial charge in [-0.2, -0.15) is 0 Å². The molecule has 72 valence electrons. The molecule has 0 bridgehead atoms. The average molecular weight is 197 g/mol. The fourth-order valence-electron chi connectivity index (χ4n) is 1.87. The van der Waals surface area contributed by atoms with Crippen molar-refractivity contribution in [2.75, 3.05) is 13.2 Å². The van der Waals surface area contributed by atoms with Gasteiger partial charge in [0.15, 0.2) is 0 Å². The van der Waals surface area contributed by atoms with Gasteiger partial charge in [0.1, 0.15) is 0 Å². The third-order valence-electron chi connectivity index (χ3n) is 2.55. The van der Waals surface area contributed by atoms with E-state index in [1.165, 1.54) is 16.0 Å². The van der Waals surface area contributed by atoms with Gasteiger partial charge in [0.05, 0.1) is 12.7 Å². The number of hydrogen-bond donors (Lipinski definition) is 1. The van der Waals surface area contributed by atoms with Gasteiger partial charge in [-0.25, -0.2) is 0 Å². The van der Waals surface area contributed by atoms with Crippen LogP contribution < -0.4 is 5.73 Å². The van der Waals surface area contributed by atoms with Crippen molar-refractivity contribution in [2.45, 2.75) is 25.9 Å². The molecule has 1 aliphatic rings. The quantitative estimate of drug-likeness (QED) is 0.785. The minimum Gasteiger partial charge on any atom is -0.372 e. The molecule has 1 atom stereocenters. The molecule has 3 heteroatoms. The lowest BCUT2D eigenvalue weighted by Crippen LogP contribution is -2.22. The van der Waals surface area contributed by atoms with Crippen LogP contribution in [0.4, 0.5) is 0 Å². The van der Waals surface area contributed by atoms with Crippen molar-refractivity contribution in [1.29, 1.82) is 0 Å². The Balaban J connectivity index is 2.39. The second-order valence-corrected chi connectivity index (χ2v) is 4.26. The van der Waals surface area contributed by atoms with E-state index in [4.69, 9.17) is 10.5 Å². The molecule has 13 heavy (non-hydrogen) atoms. The highest BCUT2D eigenvalue weighted by Gasteiger charge is 2.23. The second-order valence-electron chi connectivity index (χ2n) is 3.30. The molecular weight excluding hydrogens is 182 g/mol. The molecule has 0 amide bonds. The fraction of sp³-hybridized carbons (Fsp3) is 0.600. The summed E-state index contributed by atoms with van der Waals surface area (Å²) in [5.74, 6) is 0. The third-order valence-corrected chi connectivity index (χ3v) is 3.67. The van der Waals surface area contributed by atoms with Gasteiger partial charge in [-0.1, -0.05) is 6.92 Å². The standard InChI is InChI=1S/C10H15NOS/c1-2-7-6-13-9-3-4-12-8(5-11)10(7)9/h6,8H,2-5,11H2,1H3/t8-/m0/s1. The largest absolute Gasteiger partial charge is 0.372 e. The van der Waals surface area contributed by atoms with Crippen LogP contribution in [0.5, 0.6) is 0 Å². The van der Waals surface area contributed by atoms with Crippen molar-refractivity contribution in [3.8, 4) is 0 Å². The average Bonchev–Trinajstić information content (AvgIpc) is 2.60. The Morgan fingerprint density at radius 2 is 2.54 bits per heavy atom. The van der Waals surface area contributed by atoms with Gasteiger partial charge in [-0.15, -0.1) is 11.3 Å². The van der Waals surface area contributed by atoms with Crippen LogP contribution in [0, 0.1) is 0 Å². The number of ether oxygens (including phenoxy) is 1. The molecule has 2 heterocycles. The molecular formula is C10H15NOS. The first-order valence-electron chi connectivity index (χ1n) is 4.77. The molecule has 2 rings (SSSR count). The van der Waals surface area contributed by atoms with Crippen molar-refractivity contribution < 1.29 is 4.74 Å². The van der Waals surface area contributed by atoms with Gasteiger partial charge in [0.2, 0.25) is 0 Å². The number of nitrogens with two attached hydrogens (primary N) is 1. The highest BCUT2D eigenvalue weighted by molar-refractivity contribution is 7.10. The van der Waals surface area contributed by atoms with E-state index in [9.17, 15) is 0 Å². The van der Waals surface area contributed by atoms with Crippen molar-refractivity contribution in [2.24, 2.45) is 5.73 Å². The van der Waals surface area contributed by atoms with Crippen LogP contribution in [0.1, 0.15) is 29.0 Å². The van der Waals surface area contributed by atoms with Gasteiger partial charge < -0.3 is 10.5 Å². The van der Waals surface area contributed by atoms with Gasteiger partial charge in [-0.05, 0) is 22.9 Å². The molecule has 0 aromatic carbocycles. The molecule has 0 radical (unpaired) electrons. The zero-order valence-corrected chi connectivity index (χ0v) is 8.69. The number of hydrogen-bond acceptors (Lipinski definition) is 3. The van der Waals surface area contributed by atoms with Crippen LogP contribution in [-0.2, 0) is 17.6 Å². The van der Waals surface area contributed by atoms with E-state index in [0.29, 0.717) is 6.54 Å². The van der Waals surface area contributed by atoms with E-state index in [1.54, 1.807) is 0 Å². The van der Waals surface area contributed by atoms with Crippen molar-refractivity contribution in [1.82, 2.24) is 0 Å².